The fraction of sp³-hybridized carbons (Fsp3) is 0.500. The van der Waals surface area contributed by atoms with Crippen molar-refractivity contribution in [2.24, 2.45) is 0 Å². The van der Waals surface area contributed by atoms with Crippen LogP contribution in [0, 0.1) is 0 Å². The van der Waals surface area contributed by atoms with Gasteiger partial charge in [-0.3, -0.25) is 4.79 Å². The topological polar surface area (TPSA) is 41.6 Å². The quantitative estimate of drug-likeness (QED) is 0.930. The molecule has 6 heteroatoms. The van der Waals surface area contributed by atoms with Crippen LogP contribution in [0.3, 0.4) is 0 Å². The van der Waals surface area contributed by atoms with Crippen LogP contribution in [0.15, 0.2) is 24.3 Å². The normalized spacial score (nSPS) is 19.9. The predicted molar refractivity (Wildman–Crippen MR) is 82.8 cm³/mol. The molecule has 4 nitrogen and oxygen atoms in total. The van der Waals surface area contributed by atoms with Crippen LogP contribution in [-0.2, 0) is 4.79 Å². The maximum Gasteiger partial charge on any atom is 0.263 e. The first-order chi connectivity index (χ1) is 9.08. The first kappa shape index (κ1) is 17.1. The number of carbonyl (C=O) groups is 1. The molecule has 2 rings (SSSR count). The molecule has 0 aromatic heterocycles. The molecule has 0 aliphatic carbocycles. The second-order valence-corrected chi connectivity index (χ2v) is 5.24. The Hall–Kier alpha value is -0.970. The van der Waals surface area contributed by atoms with Gasteiger partial charge in [0, 0.05) is 30.7 Å². The molecule has 1 fully saturated rings. The summed E-state index contributed by atoms with van der Waals surface area (Å²) in [6, 6.07) is 7.30. The van der Waals surface area contributed by atoms with Gasteiger partial charge in [0.2, 0.25) is 0 Å². The fourth-order valence-electron chi connectivity index (χ4n) is 2.20. The average molecular weight is 319 g/mol. The van der Waals surface area contributed by atoms with Crippen molar-refractivity contribution in [1.29, 1.82) is 0 Å². The van der Waals surface area contributed by atoms with Gasteiger partial charge in [0.1, 0.15) is 5.75 Å². The maximum atomic E-state index is 12.3. The first-order valence-corrected chi connectivity index (χ1v) is 6.89. The van der Waals surface area contributed by atoms with E-state index in [1.165, 1.54) is 0 Å². The van der Waals surface area contributed by atoms with Crippen molar-refractivity contribution < 1.29 is 9.53 Å². The van der Waals surface area contributed by atoms with E-state index < -0.39 is 6.10 Å². The van der Waals surface area contributed by atoms with Gasteiger partial charge in [0.25, 0.3) is 5.91 Å². The largest absolute Gasteiger partial charge is 0.481 e. The molecule has 1 aromatic carbocycles. The summed E-state index contributed by atoms with van der Waals surface area (Å²) in [5.41, 5.74) is 0. The second-order valence-electron chi connectivity index (χ2n) is 4.80. The Bertz CT molecular complexity index is 457. The zero-order valence-corrected chi connectivity index (χ0v) is 13.2. The summed E-state index contributed by atoms with van der Waals surface area (Å²) in [5.74, 6) is 0.644. The van der Waals surface area contributed by atoms with Gasteiger partial charge in [-0.2, -0.15) is 0 Å². The molecule has 1 aromatic rings. The lowest BCUT2D eigenvalue weighted by molar-refractivity contribution is -0.140. The Labute approximate surface area is 130 Å². The molecule has 1 aliphatic rings. The zero-order chi connectivity index (χ0) is 13.8. The SMILES string of the molecule is CC(Oc1cccc(Cl)c1)C(=O)N1CCNC[C@H]1C.Cl. The molecule has 2 atom stereocenters. The van der Waals surface area contributed by atoms with E-state index in [-0.39, 0.29) is 24.4 Å². The van der Waals surface area contributed by atoms with Crippen molar-refractivity contribution >= 4 is 29.9 Å². The lowest BCUT2D eigenvalue weighted by atomic mass is 10.2. The van der Waals surface area contributed by atoms with Crippen LogP contribution in [0.2, 0.25) is 5.02 Å². The van der Waals surface area contributed by atoms with Gasteiger partial charge in [-0.05, 0) is 32.0 Å². The Morgan fingerprint density at radius 2 is 2.30 bits per heavy atom. The second kappa shape index (κ2) is 7.72. The Kier molecular flexibility index (Phi) is 6.59. The third-order valence-corrected chi connectivity index (χ3v) is 3.48. The summed E-state index contributed by atoms with van der Waals surface area (Å²) >= 11 is 5.90. The third-order valence-electron chi connectivity index (χ3n) is 3.24. The first-order valence-electron chi connectivity index (χ1n) is 6.51. The Morgan fingerprint density at radius 1 is 1.55 bits per heavy atom. The number of ether oxygens (including phenoxy) is 1. The molecular formula is C14H20Cl2N2O2. The highest BCUT2D eigenvalue weighted by Gasteiger charge is 2.27. The zero-order valence-electron chi connectivity index (χ0n) is 11.6. The summed E-state index contributed by atoms with van der Waals surface area (Å²) in [6.45, 7) is 6.20. The number of benzene rings is 1. The highest BCUT2D eigenvalue weighted by atomic mass is 35.5. The number of hydrogen-bond donors (Lipinski definition) is 1. The number of rotatable bonds is 3. The monoisotopic (exact) mass is 318 g/mol. The summed E-state index contributed by atoms with van der Waals surface area (Å²) in [7, 11) is 0. The molecule has 1 aliphatic heterocycles. The third kappa shape index (κ3) is 4.27. The number of amides is 1. The van der Waals surface area contributed by atoms with Crippen LogP contribution >= 0.6 is 24.0 Å². The van der Waals surface area contributed by atoms with Gasteiger partial charge >= 0.3 is 0 Å². The number of piperazine rings is 1. The predicted octanol–water partition coefficient (Wildman–Crippen LogP) is 2.35. The number of hydrogen-bond acceptors (Lipinski definition) is 3. The van der Waals surface area contributed by atoms with Gasteiger partial charge in [0.05, 0.1) is 0 Å². The molecule has 112 valence electrons. The van der Waals surface area contributed by atoms with Gasteiger partial charge in [-0.15, -0.1) is 12.4 Å². The molecule has 1 N–H and O–H groups in total. The number of halogens is 2. The molecule has 0 bridgehead atoms. The average Bonchev–Trinajstić information content (AvgIpc) is 2.38. The van der Waals surface area contributed by atoms with E-state index in [9.17, 15) is 4.79 Å². The van der Waals surface area contributed by atoms with Crippen LogP contribution in [0.5, 0.6) is 5.75 Å². The van der Waals surface area contributed by atoms with Crippen LogP contribution in [-0.4, -0.2) is 42.6 Å². The fourth-order valence-corrected chi connectivity index (χ4v) is 2.38. The highest BCUT2D eigenvalue weighted by Crippen LogP contribution is 2.19. The number of carbonyl (C=O) groups excluding carboxylic acids is 1. The van der Waals surface area contributed by atoms with Crippen LogP contribution in [0.25, 0.3) is 0 Å². The van der Waals surface area contributed by atoms with Crippen LogP contribution in [0.4, 0.5) is 0 Å². The van der Waals surface area contributed by atoms with E-state index in [1.807, 2.05) is 17.9 Å². The number of nitrogens with zero attached hydrogens (tertiary/aromatic N) is 1. The smallest absolute Gasteiger partial charge is 0.263 e. The van der Waals surface area contributed by atoms with Gasteiger partial charge in [-0.1, -0.05) is 17.7 Å². The molecule has 1 amide bonds. The van der Waals surface area contributed by atoms with E-state index in [4.69, 9.17) is 16.3 Å². The van der Waals surface area contributed by atoms with E-state index in [2.05, 4.69) is 5.32 Å². The standard InChI is InChI=1S/C14H19ClN2O2.ClH/c1-10-9-16-6-7-17(10)14(18)11(2)19-13-5-3-4-12(15)8-13;/h3-5,8,10-11,16H,6-7,9H2,1-2H3;1H/t10-,11?;/m1./s1. The minimum Gasteiger partial charge on any atom is -0.481 e. The van der Waals surface area contributed by atoms with Crippen molar-refractivity contribution in [3.63, 3.8) is 0 Å². The van der Waals surface area contributed by atoms with Crippen LogP contribution in [0.1, 0.15) is 13.8 Å². The molecular weight excluding hydrogens is 299 g/mol. The van der Waals surface area contributed by atoms with E-state index in [0.717, 1.165) is 19.6 Å². The van der Waals surface area contributed by atoms with Gasteiger partial charge < -0.3 is 15.0 Å². The van der Waals surface area contributed by atoms with Crippen molar-refractivity contribution in [3.05, 3.63) is 29.3 Å². The van der Waals surface area contributed by atoms with Crippen molar-refractivity contribution in [2.75, 3.05) is 19.6 Å². The summed E-state index contributed by atoms with van der Waals surface area (Å²) in [5, 5.41) is 3.87. The van der Waals surface area contributed by atoms with E-state index in [1.54, 1.807) is 25.1 Å². The summed E-state index contributed by atoms with van der Waals surface area (Å²) in [4.78, 5) is 14.2. The van der Waals surface area contributed by atoms with E-state index in [0.29, 0.717) is 10.8 Å². The summed E-state index contributed by atoms with van der Waals surface area (Å²) < 4.78 is 5.66. The molecule has 20 heavy (non-hydrogen) atoms. The molecule has 1 heterocycles. The van der Waals surface area contributed by atoms with E-state index >= 15 is 0 Å². The maximum absolute atomic E-state index is 12.3. The Balaban J connectivity index is 0.00000200. The lowest BCUT2D eigenvalue weighted by Crippen LogP contribution is -2.55. The molecule has 0 spiro atoms. The molecule has 1 saturated heterocycles. The minimum absolute atomic E-state index is 0. The van der Waals surface area contributed by atoms with Crippen LogP contribution < -0.4 is 10.1 Å². The van der Waals surface area contributed by atoms with Crippen molar-refractivity contribution in [1.82, 2.24) is 10.2 Å². The molecule has 0 radical (unpaired) electrons. The lowest BCUT2D eigenvalue weighted by Gasteiger charge is -2.35. The van der Waals surface area contributed by atoms with Crippen molar-refractivity contribution in [3.8, 4) is 5.75 Å². The Morgan fingerprint density at radius 3 is 2.95 bits per heavy atom. The summed E-state index contributed by atoms with van der Waals surface area (Å²) in [6.07, 6.45) is -0.501. The molecule has 1 unspecified atom stereocenters. The van der Waals surface area contributed by atoms with Gasteiger partial charge in [-0.25, -0.2) is 0 Å². The van der Waals surface area contributed by atoms with Crippen molar-refractivity contribution in [2.45, 2.75) is 26.0 Å². The minimum atomic E-state index is -0.501. The highest BCUT2D eigenvalue weighted by molar-refractivity contribution is 6.30. The molecule has 0 saturated carbocycles. The number of nitrogens with one attached hydrogen (secondary N) is 1. The van der Waals surface area contributed by atoms with Gasteiger partial charge in [0.15, 0.2) is 6.10 Å².